The fourth-order valence-electron chi connectivity index (χ4n) is 3.55. The van der Waals surface area contributed by atoms with E-state index in [1.54, 1.807) is 0 Å². The van der Waals surface area contributed by atoms with Crippen LogP contribution in [0.4, 0.5) is 0 Å². The van der Waals surface area contributed by atoms with E-state index in [1.165, 1.54) is 51.7 Å². The average molecular weight is 395 g/mol. The smallest absolute Gasteiger partial charge is 0.0564 e. The summed E-state index contributed by atoms with van der Waals surface area (Å²) in [6.07, 6.45) is 8.74. The van der Waals surface area contributed by atoms with Crippen LogP contribution in [-0.4, -0.2) is 60.8 Å². The topological polar surface area (TPSA) is 26.7 Å². The van der Waals surface area contributed by atoms with Gasteiger partial charge in [0.05, 0.1) is 6.10 Å². The van der Waals surface area contributed by atoms with Crippen LogP contribution in [0.3, 0.4) is 0 Å². The molecule has 0 atom stereocenters. The zero-order valence-corrected chi connectivity index (χ0v) is 20.1. The molecular formula is C25H50N2O. The summed E-state index contributed by atoms with van der Waals surface area (Å²) in [5, 5.41) is 9.43. The van der Waals surface area contributed by atoms with E-state index in [2.05, 4.69) is 42.5 Å². The molecule has 0 amide bonds. The molecule has 0 aromatic carbocycles. The van der Waals surface area contributed by atoms with Gasteiger partial charge in [0.1, 0.15) is 0 Å². The van der Waals surface area contributed by atoms with E-state index in [-0.39, 0.29) is 6.10 Å². The third kappa shape index (κ3) is 12.8. The van der Waals surface area contributed by atoms with E-state index < -0.39 is 0 Å². The summed E-state index contributed by atoms with van der Waals surface area (Å²) in [7, 11) is 2.22. The molecular weight excluding hydrogens is 344 g/mol. The van der Waals surface area contributed by atoms with Crippen LogP contribution in [0.1, 0.15) is 86.5 Å². The molecule has 0 aromatic heterocycles. The minimum atomic E-state index is -0.0289. The Morgan fingerprint density at radius 2 is 1.39 bits per heavy atom. The predicted molar refractivity (Wildman–Crippen MR) is 125 cm³/mol. The lowest BCUT2D eigenvalue weighted by Gasteiger charge is -2.35. The molecule has 0 radical (unpaired) electrons. The van der Waals surface area contributed by atoms with Crippen LogP contribution < -0.4 is 0 Å². The zero-order chi connectivity index (χ0) is 21.4. The SMILES string of the molecule is CC.CC.CC(C)C#CC1CCC1.CN1CCC(CN2CCC(O)CC2)CC1. The number of piperidine rings is 2. The van der Waals surface area contributed by atoms with Crippen molar-refractivity contribution in [3.63, 3.8) is 0 Å². The van der Waals surface area contributed by atoms with Crippen molar-refractivity contribution >= 4 is 0 Å². The van der Waals surface area contributed by atoms with Crippen molar-refractivity contribution in [2.45, 2.75) is 92.6 Å². The van der Waals surface area contributed by atoms with Crippen molar-refractivity contribution in [2.75, 3.05) is 39.8 Å². The van der Waals surface area contributed by atoms with E-state index in [0.29, 0.717) is 5.92 Å². The number of aliphatic hydroxyl groups is 1. The highest BCUT2D eigenvalue weighted by atomic mass is 16.3. The molecule has 0 aromatic rings. The summed E-state index contributed by atoms with van der Waals surface area (Å²) in [6, 6.07) is 0. The molecule has 3 rings (SSSR count). The van der Waals surface area contributed by atoms with Gasteiger partial charge in [0.25, 0.3) is 0 Å². The van der Waals surface area contributed by atoms with Crippen molar-refractivity contribution in [1.82, 2.24) is 9.80 Å². The Hall–Kier alpha value is -0.560. The van der Waals surface area contributed by atoms with Crippen molar-refractivity contribution in [1.29, 1.82) is 0 Å². The Kier molecular flexibility index (Phi) is 17.0. The molecule has 1 aliphatic carbocycles. The van der Waals surface area contributed by atoms with Crippen LogP contribution in [-0.2, 0) is 0 Å². The van der Waals surface area contributed by atoms with Crippen molar-refractivity contribution in [3.8, 4) is 11.8 Å². The van der Waals surface area contributed by atoms with E-state index in [0.717, 1.165) is 37.8 Å². The molecule has 1 saturated carbocycles. The van der Waals surface area contributed by atoms with Gasteiger partial charge in [0.15, 0.2) is 0 Å². The first-order valence-electron chi connectivity index (χ1n) is 12.1. The lowest BCUT2D eigenvalue weighted by Crippen LogP contribution is -2.41. The lowest BCUT2D eigenvalue weighted by molar-refractivity contribution is 0.0670. The highest BCUT2D eigenvalue weighted by Gasteiger charge is 2.22. The monoisotopic (exact) mass is 394 g/mol. The maximum absolute atomic E-state index is 9.43. The first-order chi connectivity index (χ1) is 13.5. The first-order valence-corrected chi connectivity index (χ1v) is 12.1. The van der Waals surface area contributed by atoms with Crippen molar-refractivity contribution in [3.05, 3.63) is 0 Å². The fourth-order valence-corrected chi connectivity index (χ4v) is 3.55. The van der Waals surface area contributed by atoms with Gasteiger partial charge in [-0.25, -0.2) is 0 Å². The molecule has 3 heteroatoms. The Morgan fingerprint density at radius 3 is 1.82 bits per heavy atom. The Bertz CT molecular complexity index is 373. The quantitative estimate of drug-likeness (QED) is 0.645. The van der Waals surface area contributed by atoms with E-state index in [1.807, 2.05) is 27.7 Å². The minimum Gasteiger partial charge on any atom is -0.393 e. The fraction of sp³-hybridized carbons (Fsp3) is 0.920. The molecule has 2 saturated heterocycles. The van der Waals surface area contributed by atoms with Crippen LogP contribution >= 0.6 is 0 Å². The number of hydrogen-bond acceptors (Lipinski definition) is 3. The third-order valence-electron chi connectivity index (χ3n) is 5.59. The summed E-state index contributed by atoms with van der Waals surface area (Å²) in [4.78, 5) is 4.97. The second-order valence-corrected chi connectivity index (χ2v) is 8.35. The Labute approximate surface area is 177 Å². The van der Waals surface area contributed by atoms with Crippen LogP contribution in [0.15, 0.2) is 0 Å². The maximum Gasteiger partial charge on any atom is 0.0564 e. The summed E-state index contributed by atoms with van der Waals surface area (Å²) in [5.41, 5.74) is 0. The molecule has 166 valence electrons. The molecule has 3 nitrogen and oxygen atoms in total. The second kappa shape index (κ2) is 17.3. The third-order valence-corrected chi connectivity index (χ3v) is 5.59. The van der Waals surface area contributed by atoms with Gasteiger partial charge in [-0.1, -0.05) is 53.9 Å². The average Bonchev–Trinajstić information content (AvgIpc) is 2.68. The minimum absolute atomic E-state index is 0.0289. The number of aliphatic hydroxyl groups excluding tert-OH is 1. The van der Waals surface area contributed by atoms with Crippen LogP contribution in [0, 0.1) is 29.6 Å². The highest BCUT2D eigenvalue weighted by Crippen LogP contribution is 2.25. The molecule has 0 bridgehead atoms. The summed E-state index contributed by atoms with van der Waals surface area (Å²) in [5.74, 6) is 8.68. The largest absolute Gasteiger partial charge is 0.393 e. The van der Waals surface area contributed by atoms with Crippen molar-refractivity contribution in [2.24, 2.45) is 17.8 Å². The van der Waals surface area contributed by atoms with Crippen molar-refractivity contribution < 1.29 is 5.11 Å². The summed E-state index contributed by atoms with van der Waals surface area (Å²) < 4.78 is 0. The van der Waals surface area contributed by atoms with E-state index >= 15 is 0 Å². The van der Waals surface area contributed by atoms with Gasteiger partial charge in [0.2, 0.25) is 0 Å². The molecule has 3 aliphatic rings. The zero-order valence-electron chi connectivity index (χ0n) is 20.1. The molecule has 3 fully saturated rings. The molecule has 0 unspecified atom stereocenters. The van der Waals surface area contributed by atoms with Crippen LogP contribution in [0.2, 0.25) is 0 Å². The van der Waals surface area contributed by atoms with E-state index in [9.17, 15) is 5.11 Å². The van der Waals surface area contributed by atoms with Gasteiger partial charge in [-0.2, -0.15) is 0 Å². The van der Waals surface area contributed by atoms with Crippen LogP contribution in [0.5, 0.6) is 0 Å². The normalized spacial score (nSPS) is 21.6. The molecule has 2 aliphatic heterocycles. The standard InChI is InChI=1S/C12H24N2O.C9H14.2C2H6/c1-13-6-2-11(3-7-13)10-14-8-4-12(15)5-9-14;1-8(2)6-7-9-4-3-5-9;2*1-2/h11-12,15H,2-10H2,1H3;8-9H,3-5H2,1-2H3;2*1-2H3. The van der Waals surface area contributed by atoms with Gasteiger partial charge in [-0.15, -0.1) is 5.92 Å². The lowest BCUT2D eigenvalue weighted by atomic mass is 9.86. The van der Waals surface area contributed by atoms with Crippen LogP contribution in [0.25, 0.3) is 0 Å². The molecule has 0 spiro atoms. The van der Waals surface area contributed by atoms with Gasteiger partial charge in [0, 0.05) is 31.5 Å². The number of rotatable bonds is 2. The number of hydrogen-bond donors (Lipinski definition) is 1. The molecule has 28 heavy (non-hydrogen) atoms. The van der Waals surface area contributed by atoms with Gasteiger partial charge >= 0.3 is 0 Å². The summed E-state index contributed by atoms with van der Waals surface area (Å²) >= 11 is 0. The Balaban J connectivity index is 0.000000481. The maximum atomic E-state index is 9.43. The molecule has 1 N–H and O–H groups in total. The summed E-state index contributed by atoms with van der Waals surface area (Å²) in [6.45, 7) is 18.3. The highest BCUT2D eigenvalue weighted by molar-refractivity contribution is 5.07. The van der Waals surface area contributed by atoms with Gasteiger partial charge in [-0.05, 0) is 64.6 Å². The van der Waals surface area contributed by atoms with Gasteiger partial charge < -0.3 is 14.9 Å². The Morgan fingerprint density at radius 1 is 0.857 bits per heavy atom. The second-order valence-electron chi connectivity index (χ2n) is 8.35. The molecule has 2 heterocycles. The van der Waals surface area contributed by atoms with E-state index in [4.69, 9.17) is 0 Å². The number of likely N-dealkylation sites (tertiary alicyclic amines) is 2. The first kappa shape index (κ1) is 27.4. The predicted octanol–water partition coefficient (Wildman–Crippen LogP) is 5.28. The number of nitrogens with zero attached hydrogens (tertiary/aromatic N) is 2. The van der Waals surface area contributed by atoms with Gasteiger partial charge in [-0.3, -0.25) is 0 Å².